The molecule has 4 aliphatic carbocycles. The first-order valence-corrected chi connectivity index (χ1v) is 12.3. The van der Waals surface area contributed by atoms with Gasteiger partial charge in [-0.15, -0.1) is 24.2 Å². The first kappa shape index (κ1) is 45.4. The van der Waals surface area contributed by atoms with E-state index in [4.69, 9.17) is 0 Å². The van der Waals surface area contributed by atoms with Crippen molar-refractivity contribution in [2.75, 3.05) is 0 Å². The summed E-state index contributed by atoms with van der Waals surface area (Å²) >= 11 is 0. The summed E-state index contributed by atoms with van der Waals surface area (Å²) in [5, 5.41) is 8.56. The van der Waals surface area contributed by atoms with Gasteiger partial charge in [-0.05, 0) is 128 Å². The Bertz CT molecular complexity index is 248. The van der Waals surface area contributed by atoms with Crippen molar-refractivity contribution in [3.63, 3.8) is 0 Å². The van der Waals surface area contributed by atoms with Gasteiger partial charge in [0.1, 0.15) is 0 Å². The van der Waals surface area contributed by atoms with Gasteiger partial charge in [0.25, 0.3) is 0 Å². The molecule has 0 aromatic carbocycles. The molecule has 4 heteroatoms. The van der Waals surface area contributed by atoms with Gasteiger partial charge in [-0.1, -0.05) is 55.4 Å². The summed E-state index contributed by atoms with van der Waals surface area (Å²) in [6, 6.07) is 2.00. The van der Waals surface area contributed by atoms with Crippen molar-refractivity contribution in [2.45, 2.75) is 79.6 Å². The molecule has 0 atom stereocenters. The Labute approximate surface area is 290 Å². The molecule has 0 spiro atoms. The van der Waals surface area contributed by atoms with Gasteiger partial charge in [0.2, 0.25) is 0 Å². The van der Waals surface area contributed by atoms with E-state index >= 15 is 0 Å². The number of nitrogens with zero attached hydrogens (tertiary/aromatic N) is 2. The summed E-state index contributed by atoms with van der Waals surface area (Å²) in [5.74, 6) is 0. The molecule has 22 radical (unpaired) electrons. The summed E-state index contributed by atoms with van der Waals surface area (Å²) in [6.45, 7) is 16.8. The molecule has 0 unspecified atom stereocenters. The topological polar surface area (TPSA) is 28.2 Å². The molecular formula is C32H48Er2N2+4. The molecule has 0 aromatic rings. The van der Waals surface area contributed by atoms with Gasteiger partial charge in [0.05, 0.1) is 0 Å². The van der Waals surface area contributed by atoms with Crippen LogP contribution >= 0.6 is 0 Å². The van der Waals surface area contributed by atoms with Gasteiger partial charge >= 0.3 is 74.6 Å². The monoisotopic (exact) mass is 792 g/mol. The zero-order valence-electron chi connectivity index (χ0n) is 23.3. The quantitative estimate of drug-likeness (QED) is 0.274. The third-order valence-corrected chi connectivity index (χ3v) is 3.41. The van der Waals surface area contributed by atoms with E-state index in [2.05, 4.69) is 66.0 Å². The standard InChI is InChI=1S/2C6H14N.4C5H5.2Er/c2*1-5(2)7-6(3)4;4*1-2-4-5-3-1;;/h2*5-6H,1-4H3;4*1-5H;;/q2*-1;;;;;2*+3. The van der Waals surface area contributed by atoms with Gasteiger partial charge in [-0.3, -0.25) is 0 Å². The smallest absolute Gasteiger partial charge is 0.658 e. The second kappa shape index (κ2) is 37.4. The van der Waals surface area contributed by atoms with Crippen molar-refractivity contribution in [1.82, 2.24) is 0 Å². The fraction of sp³-hybridized carbons (Fsp3) is 0.375. The first-order valence-electron chi connectivity index (χ1n) is 12.3. The average Bonchev–Trinajstić information content (AvgIpc) is 3.59. The van der Waals surface area contributed by atoms with E-state index in [1.165, 1.54) is 0 Å². The van der Waals surface area contributed by atoms with E-state index < -0.39 is 0 Å². The van der Waals surface area contributed by atoms with Crippen molar-refractivity contribution < 1.29 is 74.6 Å². The Morgan fingerprint density at radius 1 is 0.250 bits per heavy atom. The van der Waals surface area contributed by atoms with E-state index in [1.807, 2.05) is 128 Å². The predicted octanol–water partition coefficient (Wildman–Crippen LogP) is 8.44. The van der Waals surface area contributed by atoms with Gasteiger partial charge < -0.3 is 10.6 Å². The third-order valence-electron chi connectivity index (χ3n) is 3.41. The fourth-order valence-electron chi connectivity index (χ4n) is 2.48. The molecule has 4 fully saturated rings. The van der Waals surface area contributed by atoms with Gasteiger partial charge in [-0.25, -0.2) is 0 Å². The predicted molar refractivity (Wildman–Crippen MR) is 153 cm³/mol. The van der Waals surface area contributed by atoms with Crippen LogP contribution in [-0.4, -0.2) is 24.2 Å². The SMILES string of the molecule is CC(C)[N-]C(C)C.CC(C)[N-]C(C)C.[CH]1[CH][CH][CH][CH]1.[CH]1[CH][CH][CH][CH]1.[CH]1[CH][CH][CH][CH]1.[CH]1[CH][CH][CH][CH]1.[Er+3].[Er+3]. The van der Waals surface area contributed by atoms with Crippen molar-refractivity contribution in [2.24, 2.45) is 0 Å². The molecule has 4 saturated carbocycles. The first-order chi connectivity index (χ1) is 16.3. The Kier molecular flexibility index (Phi) is 47.2. The molecule has 0 aromatic heterocycles. The molecule has 0 N–H and O–H groups in total. The van der Waals surface area contributed by atoms with Crippen LogP contribution in [0.5, 0.6) is 0 Å². The molecule has 0 heterocycles. The van der Waals surface area contributed by atoms with Gasteiger partial charge in [-0.2, -0.15) is 0 Å². The van der Waals surface area contributed by atoms with Crippen LogP contribution in [0.3, 0.4) is 0 Å². The van der Waals surface area contributed by atoms with E-state index in [9.17, 15) is 0 Å². The molecule has 0 amide bonds. The Balaban J connectivity index is -0.000000169. The largest absolute Gasteiger partial charge is 3.00 e. The van der Waals surface area contributed by atoms with Crippen LogP contribution in [0, 0.1) is 203 Å². The summed E-state index contributed by atoms with van der Waals surface area (Å²) in [4.78, 5) is 0. The maximum Gasteiger partial charge on any atom is 3.00 e. The van der Waals surface area contributed by atoms with Crippen LogP contribution in [-0.2, 0) is 0 Å². The van der Waals surface area contributed by atoms with Gasteiger partial charge in [0, 0.05) is 0 Å². The van der Waals surface area contributed by atoms with E-state index in [1.54, 1.807) is 0 Å². The van der Waals surface area contributed by atoms with Crippen LogP contribution in [0.1, 0.15) is 55.4 Å². The second-order valence-electron chi connectivity index (χ2n) is 8.52. The number of hydrogen-bond donors (Lipinski definition) is 0. The summed E-state index contributed by atoms with van der Waals surface area (Å²) in [6.07, 6.45) is 40.0. The zero-order valence-corrected chi connectivity index (χ0v) is 27.0. The zero-order chi connectivity index (χ0) is 25.9. The molecule has 4 rings (SSSR count). The van der Waals surface area contributed by atoms with Crippen LogP contribution in [0.25, 0.3) is 10.6 Å². The fourth-order valence-corrected chi connectivity index (χ4v) is 2.48. The summed E-state index contributed by atoms with van der Waals surface area (Å²) < 4.78 is 0. The van der Waals surface area contributed by atoms with Crippen LogP contribution in [0.2, 0.25) is 0 Å². The van der Waals surface area contributed by atoms with Crippen molar-refractivity contribution in [1.29, 1.82) is 0 Å². The molecular weight excluding hydrogens is 747 g/mol. The molecule has 36 heavy (non-hydrogen) atoms. The molecule has 0 bridgehead atoms. The number of rotatable bonds is 4. The maximum atomic E-state index is 4.28. The van der Waals surface area contributed by atoms with Crippen molar-refractivity contribution in [3.05, 3.63) is 139 Å². The van der Waals surface area contributed by atoms with Crippen LogP contribution in [0.4, 0.5) is 0 Å². The minimum atomic E-state index is 0. The Morgan fingerprint density at radius 3 is 0.361 bits per heavy atom. The Morgan fingerprint density at radius 2 is 0.333 bits per heavy atom. The third kappa shape index (κ3) is 49.4. The van der Waals surface area contributed by atoms with E-state index in [0.29, 0.717) is 24.2 Å². The molecule has 2 nitrogen and oxygen atoms in total. The Hall–Kier alpha value is 2.41. The van der Waals surface area contributed by atoms with Crippen LogP contribution < -0.4 is 0 Å². The minimum absolute atomic E-state index is 0. The molecule has 0 saturated heterocycles. The molecule has 0 aliphatic heterocycles. The second-order valence-corrected chi connectivity index (χ2v) is 8.52. The normalized spacial score (nSPS) is 17.7. The van der Waals surface area contributed by atoms with E-state index in [-0.39, 0.29) is 74.6 Å². The summed E-state index contributed by atoms with van der Waals surface area (Å²) in [7, 11) is 0. The van der Waals surface area contributed by atoms with Crippen LogP contribution in [0.15, 0.2) is 0 Å². The number of hydrogen-bond acceptors (Lipinski definition) is 0. The minimum Gasteiger partial charge on any atom is -0.658 e. The molecule has 4 aliphatic rings. The van der Waals surface area contributed by atoms with Crippen molar-refractivity contribution in [3.8, 4) is 0 Å². The molecule has 206 valence electrons. The van der Waals surface area contributed by atoms with E-state index in [0.717, 1.165) is 0 Å². The van der Waals surface area contributed by atoms with Gasteiger partial charge in [0.15, 0.2) is 0 Å². The maximum absolute atomic E-state index is 4.28. The van der Waals surface area contributed by atoms with Crippen molar-refractivity contribution >= 4 is 0 Å². The summed E-state index contributed by atoms with van der Waals surface area (Å²) in [5.41, 5.74) is 0. The average molecular weight is 795 g/mol.